The number of piperazine rings is 1. The summed E-state index contributed by atoms with van der Waals surface area (Å²) in [6.07, 6.45) is -0.349. The fourth-order valence-corrected chi connectivity index (χ4v) is 3.81. The maximum absolute atomic E-state index is 12.4. The van der Waals surface area contributed by atoms with Crippen molar-refractivity contribution in [2.75, 3.05) is 39.9 Å². The summed E-state index contributed by atoms with van der Waals surface area (Å²) in [5.74, 6) is 0.593. The first-order valence-electron chi connectivity index (χ1n) is 9.62. The van der Waals surface area contributed by atoms with E-state index in [1.165, 1.54) is 0 Å². The van der Waals surface area contributed by atoms with E-state index in [-0.39, 0.29) is 18.2 Å². The summed E-state index contributed by atoms with van der Waals surface area (Å²) < 4.78 is 16.9. The van der Waals surface area contributed by atoms with Crippen molar-refractivity contribution >= 4 is 11.8 Å². The molecule has 1 amide bonds. The van der Waals surface area contributed by atoms with Gasteiger partial charge in [-0.15, -0.1) is 0 Å². The van der Waals surface area contributed by atoms with Gasteiger partial charge in [0.25, 0.3) is 0 Å². The second-order valence-electron chi connectivity index (χ2n) is 8.34. The number of fused-ring (bicyclic) bond motifs is 1. The molecule has 0 bridgehead atoms. The zero-order valence-electron chi connectivity index (χ0n) is 17.3. The molecule has 7 nitrogen and oxygen atoms in total. The highest BCUT2D eigenvalue weighted by atomic mass is 16.6. The highest BCUT2D eigenvalue weighted by molar-refractivity contribution is 5.68. The zero-order valence-corrected chi connectivity index (χ0v) is 17.3. The van der Waals surface area contributed by atoms with Crippen LogP contribution in [0.5, 0.6) is 5.75 Å². The molecule has 7 heteroatoms. The molecule has 2 saturated heterocycles. The number of ether oxygens (including phenoxy) is 3. The minimum Gasteiger partial charge on any atom is -0.508 e. The van der Waals surface area contributed by atoms with E-state index >= 15 is 0 Å². The number of nitrogens with zero attached hydrogens (tertiary/aromatic N) is 3. The minimum absolute atomic E-state index is 0.0873. The van der Waals surface area contributed by atoms with Crippen molar-refractivity contribution in [3.63, 3.8) is 0 Å². The second kappa shape index (κ2) is 7.98. The van der Waals surface area contributed by atoms with Crippen molar-refractivity contribution in [1.82, 2.24) is 9.80 Å². The van der Waals surface area contributed by atoms with Crippen LogP contribution >= 0.6 is 0 Å². The van der Waals surface area contributed by atoms with Gasteiger partial charge in [0.1, 0.15) is 11.4 Å². The van der Waals surface area contributed by atoms with Crippen molar-refractivity contribution < 1.29 is 19.0 Å². The Morgan fingerprint density at radius 1 is 1.29 bits per heavy atom. The summed E-state index contributed by atoms with van der Waals surface area (Å²) in [7, 11) is 1.58. The largest absolute Gasteiger partial charge is 0.508 e. The fourth-order valence-electron chi connectivity index (χ4n) is 3.81. The first-order chi connectivity index (χ1) is 13.2. The summed E-state index contributed by atoms with van der Waals surface area (Å²) in [4.78, 5) is 20.1. The van der Waals surface area contributed by atoms with Gasteiger partial charge in [-0.2, -0.15) is 0 Å². The van der Waals surface area contributed by atoms with Crippen LogP contribution in [-0.4, -0.2) is 67.4 Å². The standard InChI is InChI=1S/C21H29N3O4/c1-14-16(7-8-17(26-6)19(14)22-5)18-12-23-9-10-24(11-15(23)13-27-18)20(25)28-21(2,3)4/h7-8,15,18H,9-13H2,1-4,6H3/t15-,18+/m0/s1. The van der Waals surface area contributed by atoms with Gasteiger partial charge in [-0.05, 0) is 44.9 Å². The maximum atomic E-state index is 12.4. The molecule has 0 spiro atoms. The van der Waals surface area contributed by atoms with Gasteiger partial charge in [-0.25, -0.2) is 9.64 Å². The molecule has 2 heterocycles. The van der Waals surface area contributed by atoms with Crippen LogP contribution < -0.4 is 4.74 Å². The van der Waals surface area contributed by atoms with Crippen molar-refractivity contribution in [2.45, 2.75) is 45.4 Å². The highest BCUT2D eigenvalue weighted by Gasteiger charge is 2.37. The van der Waals surface area contributed by atoms with Gasteiger partial charge in [0.05, 0.1) is 32.4 Å². The minimum atomic E-state index is -0.491. The topological polar surface area (TPSA) is 55.6 Å². The lowest BCUT2D eigenvalue weighted by atomic mass is 9.98. The van der Waals surface area contributed by atoms with Gasteiger partial charge in [0.2, 0.25) is 5.69 Å². The summed E-state index contributed by atoms with van der Waals surface area (Å²) in [5.41, 5.74) is 1.99. The van der Waals surface area contributed by atoms with Crippen LogP contribution in [0, 0.1) is 13.5 Å². The zero-order chi connectivity index (χ0) is 20.5. The molecule has 0 radical (unpaired) electrons. The lowest BCUT2D eigenvalue weighted by Gasteiger charge is -2.46. The van der Waals surface area contributed by atoms with Gasteiger partial charge in [-0.3, -0.25) is 4.90 Å². The van der Waals surface area contributed by atoms with Crippen molar-refractivity contribution in [3.8, 4) is 5.75 Å². The molecule has 28 heavy (non-hydrogen) atoms. The molecule has 2 fully saturated rings. The van der Waals surface area contributed by atoms with E-state index in [1.54, 1.807) is 12.0 Å². The molecule has 0 aliphatic carbocycles. The molecule has 2 aliphatic heterocycles. The molecule has 0 aromatic heterocycles. The van der Waals surface area contributed by atoms with E-state index in [9.17, 15) is 4.79 Å². The third-order valence-corrected chi connectivity index (χ3v) is 5.26. The van der Waals surface area contributed by atoms with Gasteiger partial charge in [0, 0.05) is 26.2 Å². The highest BCUT2D eigenvalue weighted by Crippen LogP contribution is 2.38. The Morgan fingerprint density at radius 2 is 2.04 bits per heavy atom. The Hall–Kier alpha value is -2.30. The Morgan fingerprint density at radius 3 is 2.68 bits per heavy atom. The van der Waals surface area contributed by atoms with Crippen molar-refractivity contribution in [3.05, 3.63) is 34.7 Å². The average molecular weight is 387 g/mol. The molecule has 3 rings (SSSR count). The fraction of sp³-hybridized carbons (Fsp3) is 0.619. The van der Waals surface area contributed by atoms with Crippen molar-refractivity contribution in [1.29, 1.82) is 0 Å². The SMILES string of the molecule is [C-]#[N+]c1c(OC)ccc([C@H]2CN3CCN(C(=O)OC(C)(C)C)C[C@H]3CO2)c1C. The summed E-state index contributed by atoms with van der Waals surface area (Å²) in [6, 6.07) is 3.99. The van der Waals surface area contributed by atoms with E-state index in [0.29, 0.717) is 31.1 Å². The molecular formula is C21H29N3O4. The number of benzene rings is 1. The average Bonchev–Trinajstić information content (AvgIpc) is 2.65. The van der Waals surface area contributed by atoms with Crippen LogP contribution in [0.3, 0.4) is 0 Å². The lowest BCUT2D eigenvalue weighted by Crippen LogP contribution is -2.60. The summed E-state index contributed by atoms with van der Waals surface area (Å²) in [6.45, 7) is 18.4. The molecule has 0 N–H and O–H groups in total. The number of amides is 1. The third kappa shape index (κ3) is 4.23. The molecule has 1 aromatic carbocycles. The van der Waals surface area contributed by atoms with Gasteiger partial charge < -0.3 is 19.1 Å². The molecular weight excluding hydrogens is 358 g/mol. The molecule has 0 unspecified atom stereocenters. The first-order valence-corrected chi connectivity index (χ1v) is 9.62. The number of rotatable bonds is 2. The Labute approximate surface area is 167 Å². The second-order valence-corrected chi connectivity index (χ2v) is 8.34. The van der Waals surface area contributed by atoms with E-state index in [0.717, 1.165) is 24.2 Å². The number of hydrogen-bond acceptors (Lipinski definition) is 5. The number of hydrogen-bond donors (Lipinski definition) is 0. The van der Waals surface area contributed by atoms with Gasteiger partial charge >= 0.3 is 6.09 Å². The molecule has 2 atom stereocenters. The smallest absolute Gasteiger partial charge is 0.410 e. The number of carbonyl (C=O) groups excluding carboxylic acids is 1. The van der Waals surface area contributed by atoms with Gasteiger partial charge in [0.15, 0.2) is 0 Å². The Balaban J connectivity index is 1.68. The first kappa shape index (κ1) is 20.4. The van der Waals surface area contributed by atoms with Crippen LogP contribution in [0.25, 0.3) is 4.85 Å². The van der Waals surface area contributed by atoms with Crippen LogP contribution in [0.2, 0.25) is 0 Å². The number of carbonyl (C=O) groups is 1. The van der Waals surface area contributed by atoms with Crippen molar-refractivity contribution in [2.24, 2.45) is 0 Å². The van der Waals surface area contributed by atoms with E-state index in [1.807, 2.05) is 39.8 Å². The predicted molar refractivity (Wildman–Crippen MR) is 106 cm³/mol. The molecule has 1 aromatic rings. The monoisotopic (exact) mass is 387 g/mol. The lowest BCUT2D eigenvalue weighted by molar-refractivity contribution is -0.0907. The van der Waals surface area contributed by atoms with E-state index in [4.69, 9.17) is 20.8 Å². The van der Waals surface area contributed by atoms with Crippen LogP contribution in [0.1, 0.15) is 38.0 Å². The van der Waals surface area contributed by atoms with E-state index < -0.39 is 5.60 Å². The molecule has 152 valence electrons. The maximum Gasteiger partial charge on any atom is 0.410 e. The summed E-state index contributed by atoms with van der Waals surface area (Å²) >= 11 is 0. The molecule has 0 saturated carbocycles. The third-order valence-electron chi connectivity index (χ3n) is 5.26. The quantitative estimate of drug-likeness (QED) is 0.727. The van der Waals surface area contributed by atoms with Crippen LogP contribution in [0.4, 0.5) is 10.5 Å². The van der Waals surface area contributed by atoms with Crippen LogP contribution in [0.15, 0.2) is 12.1 Å². The van der Waals surface area contributed by atoms with Crippen LogP contribution in [-0.2, 0) is 9.47 Å². The Kier molecular flexibility index (Phi) is 5.82. The number of methoxy groups -OCH3 is 1. The summed E-state index contributed by atoms with van der Waals surface area (Å²) in [5, 5.41) is 0. The van der Waals surface area contributed by atoms with Gasteiger partial charge in [-0.1, -0.05) is 6.07 Å². The molecule has 2 aliphatic rings. The predicted octanol–water partition coefficient (Wildman–Crippen LogP) is 3.55. The number of morpholine rings is 1. The normalized spacial score (nSPS) is 22.9. The Bertz CT molecular complexity index is 781. The van der Waals surface area contributed by atoms with E-state index in [2.05, 4.69) is 9.74 Å².